The number of ether oxygens (including phenoxy) is 1. The van der Waals surface area contributed by atoms with E-state index in [1.165, 1.54) is 4.90 Å². The fourth-order valence-corrected chi connectivity index (χ4v) is 4.80. The van der Waals surface area contributed by atoms with Gasteiger partial charge < -0.3 is 19.2 Å². The van der Waals surface area contributed by atoms with Gasteiger partial charge in [-0.25, -0.2) is 0 Å². The number of aryl methyl sites for hydroxylation is 1. The molecule has 1 aliphatic rings. The fraction of sp³-hybridized carbons (Fsp3) is 0.259. The minimum atomic E-state index is -0.254. The summed E-state index contributed by atoms with van der Waals surface area (Å²) in [6.45, 7) is 1.17. The van der Waals surface area contributed by atoms with E-state index in [9.17, 15) is 9.59 Å². The summed E-state index contributed by atoms with van der Waals surface area (Å²) in [4.78, 5) is 34.3. The van der Waals surface area contributed by atoms with Gasteiger partial charge in [-0.1, -0.05) is 18.2 Å². The lowest BCUT2D eigenvalue weighted by atomic mass is 9.95. The van der Waals surface area contributed by atoms with E-state index in [4.69, 9.17) is 4.74 Å². The molecule has 0 spiro atoms. The third-order valence-electron chi connectivity index (χ3n) is 6.48. The molecular weight excluding hydrogens is 428 g/mol. The smallest absolute Gasteiger partial charge is 0.262 e. The third-order valence-corrected chi connectivity index (χ3v) is 6.48. The van der Waals surface area contributed by atoms with Crippen molar-refractivity contribution in [3.63, 3.8) is 0 Å². The maximum absolute atomic E-state index is 13.8. The maximum Gasteiger partial charge on any atom is 0.262 e. The standard InChI is InChI=1S/C27H28N4O3/c1-29(2)12-7-13-31-26(32)24(20-15-28-22-11-10-17(34-4)14-19(20)22)25(27(31)33)21-16-30(3)23-9-6-5-8-18(21)23/h5-6,8-11,14-16,28H,7,12-13H2,1-4H3. The molecule has 0 aliphatic carbocycles. The average Bonchev–Trinajstić information content (AvgIpc) is 3.46. The van der Waals surface area contributed by atoms with E-state index in [-0.39, 0.29) is 11.8 Å². The molecule has 0 saturated carbocycles. The summed E-state index contributed by atoms with van der Waals surface area (Å²) in [5, 5.41) is 1.80. The van der Waals surface area contributed by atoms with Gasteiger partial charge in [0.1, 0.15) is 5.75 Å². The lowest BCUT2D eigenvalue weighted by Gasteiger charge is -2.17. The number of hydrogen-bond donors (Lipinski definition) is 1. The first-order chi connectivity index (χ1) is 16.4. The number of nitrogens with zero attached hydrogens (tertiary/aromatic N) is 3. The third kappa shape index (κ3) is 3.49. The normalized spacial score (nSPS) is 14.4. The largest absolute Gasteiger partial charge is 0.497 e. The zero-order chi connectivity index (χ0) is 24.0. The van der Waals surface area contributed by atoms with Crippen LogP contribution < -0.4 is 4.74 Å². The van der Waals surface area contributed by atoms with Crippen molar-refractivity contribution >= 4 is 44.8 Å². The monoisotopic (exact) mass is 456 g/mol. The molecule has 5 rings (SSSR count). The molecule has 4 aromatic rings. The number of amides is 2. The maximum atomic E-state index is 13.8. The minimum absolute atomic E-state index is 0.243. The highest BCUT2D eigenvalue weighted by Gasteiger charge is 2.41. The van der Waals surface area contributed by atoms with Crippen LogP contribution in [0.2, 0.25) is 0 Å². The first-order valence-corrected chi connectivity index (χ1v) is 11.4. The lowest BCUT2D eigenvalue weighted by Crippen LogP contribution is -2.34. The van der Waals surface area contributed by atoms with Crippen molar-refractivity contribution < 1.29 is 14.3 Å². The van der Waals surface area contributed by atoms with Gasteiger partial charge >= 0.3 is 0 Å². The molecule has 3 heterocycles. The molecule has 0 fully saturated rings. The lowest BCUT2D eigenvalue weighted by molar-refractivity contribution is -0.136. The van der Waals surface area contributed by atoms with E-state index in [0.717, 1.165) is 33.9 Å². The topological polar surface area (TPSA) is 70.6 Å². The predicted octanol–water partition coefficient (Wildman–Crippen LogP) is 3.90. The second-order valence-electron chi connectivity index (χ2n) is 8.95. The summed E-state index contributed by atoms with van der Waals surface area (Å²) in [5.74, 6) is 0.197. The van der Waals surface area contributed by atoms with Crippen LogP contribution in [0.25, 0.3) is 33.0 Å². The SMILES string of the molecule is COc1ccc2[nH]cc(C3=C(c4cn(C)c5ccccc45)C(=O)N(CCCN(C)C)C3=O)c2c1. The quantitative estimate of drug-likeness (QED) is 0.428. The number of fused-ring (bicyclic) bond motifs is 2. The Bertz CT molecular complexity index is 1460. The summed E-state index contributed by atoms with van der Waals surface area (Å²) < 4.78 is 7.43. The van der Waals surface area contributed by atoms with Gasteiger partial charge in [-0.3, -0.25) is 14.5 Å². The highest BCUT2D eigenvalue weighted by Crippen LogP contribution is 2.41. The summed E-state index contributed by atoms with van der Waals surface area (Å²) in [7, 11) is 7.54. The molecule has 0 saturated heterocycles. The van der Waals surface area contributed by atoms with E-state index < -0.39 is 0 Å². The van der Waals surface area contributed by atoms with Crippen molar-refractivity contribution in [3.05, 3.63) is 66.0 Å². The van der Waals surface area contributed by atoms with Gasteiger partial charge in [0.2, 0.25) is 0 Å². The van der Waals surface area contributed by atoms with Gasteiger partial charge in [0.25, 0.3) is 11.8 Å². The van der Waals surface area contributed by atoms with Crippen LogP contribution in [0.5, 0.6) is 5.75 Å². The molecule has 1 aliphatic heterocycles. The Morgan fingerprint density at radius 2 is 1.71 bits per heavy atom. The fourth-order valence-electron chi connectivity index (χ4n) is 4.80. The molecule has 1 N–H and O–H groups in total. The van der Waals surface area contributed by atoms with Crippen LogP contribution in [0.1, 0.15) is 17.5 Å². The molecule has 2 amide bonds. The van der Waals surface area contributed by atoms with Crippen LogP contribution in [0.4, 0.5) is 0 Å². The molecular formula is C27H28N4O3. The molecule has 0 atom stereocenters. The zero-order valence-corrected chi connectivity index (χ0v) is 19.9. The Morgan fingerprint density at radius 3 is 2.44 bits per heavy atom. The number of aromatic amines is 1. The molecule has 0 radical (unpaired) electrons. The molecule has 7 heteroatoms. The number of benzene rings is 2. The van der Waals surface area contributed by atoms with Gasteiger partial charge in [0, 0.05) is 58.9 Å². The van der Waals surface area contributed by atoms with Crippen molar-refractivity contribution in [1.82, 2.24) is 19.4 Å². The first kappa shape index (κ1) is 22.0. The zero-order valence-electron chi connectivity index (χ0n) is 19.9. The van der Waals surface area contributed by atoms with Crippen LogP contribution in [0.3, 0.4) is 0 Å². The highest BCUT2D eigenvalue weighted by atomic mass is 16.5. The van der Waals surface area contributed by atoms with Crippen LogP contribution in [-0.2, 0) is 16.6 Å². The number of carbonyl (C=O) groups excluding carboxylic acids is 2. The number of methoxy groups -OCH3 is 1. The summed E-state index contributed by atoms with van der Waals surface area (Å²) in [6, 6.07) is 13.7. The second kappa shape index (κ2) is 8.50. The van der Waals surface area contributed by atoms with Crippen LogP contribution in [0.15, 0.2) is 54.9 Å². The van der Waals surface area contributed by atoms with Gasteiger partial charge in [-0.2, -0.15) is 0 Å². The van der Waals surface area contributed by atoms with E-state index in [0.29, 0.717) is 35.4 Å². The van der Waals surface area contributed by atoms with E-state index in [2.05, 4.69) is 9.88 Å². The van der Waals surface area contributed by atoms with Gasteiger partial charge in [0.15, 0.2) is 0 Å². The Hall–Kier alpha value is -3.84. The molecule has 0 bridgehead atoms. The van der Waals surface area contributed by atoms with Crippen LogP contribution >= 0.6 is 0 Å². The summed E-state index contributed by atoms with van der Waals surface area (Å²) in [5.41, 5.74) is 4.27. The highest BCUT2D eigenvalue weighted by molar-refractivity contribution is 6.50. The van der Waals surface area contributed by atoms with Crippen molar-refractivity contribution in [2.45, 2.75) is 6.42 Å². The molecule has 0 unspecified atom stereocenters. The number of aromatic nitrogens is 2. The van der Waals surface area contributed by atoms with Gasteiger partial charge in [0.05, 0.1) is 18.3 Å². The Balaban J connectivity index is 1.72. The van der Waals surface area contributed by atoms with Crippen molar-refractivity contribution in [2.75, 3.05) is 34.3 Å². The van der Waals surface area contributed by atoms with E-state index in [1.807, 2.05) is 80.6 Å². The Kier molecular flexibility index (Phi) is 5.49. The van der Waals surface area contributed by atoms with Crippen LogP contribution in [0, 0.1) is 0 Å². The van der Waals surface area contributed by atoms with Crippen molar-refractivity contribution in [1.29, 1.82) is 0 Å². The number of carbonyl (C=O) groups is 2. The number of H-pyrrole nitrogens is 1. The summed E-state index contributed by atoms with van der Waals surface area (Å²) in [6.07, 6.45) is 4.48. The van der Waals surface area contributed by atoms with Crippen LogP contribution in [-0.4, -0.2) is 65.5 Å². The molecule has 7 nitrogen and oxygen atoms in total. The number of para-hydroxylation sites is 1. The average molecular weight is 457 g/mol. The van der Waals surface area contributed by atoms with E-state index >= 15 is 0 Å². The molecule has 34 heavy (non-hydrogen) atoms. The number of rotatable bonds is 7. The predicted molar refractivity (Wildman–Crippen MR) is 134 cm³/mol. The molecule has 2 aromatic carbocycles. The molecule has 174 valence electrons. The number of hydrogen-bond acceptors (Lipinski definition) is 4. The number of nitrogens with one attached hydrogen (secondary N) is 1. The second-order valence-corrected chi connectivity index (χ2v) is 8.95. The van der Waals surface area contributed by atoms with Crippen molar-refractivity contribution in [2.24, 2.45) is 7.05 Å². The summed E-state index contributed by atoms with van der Waals surface area (Å²) >= 11 is 0. The minimum Gasteiger partial charge on any atom is -0.497 e. The first-order valence-electron chi connectivity index (χ1n) is 11.4. The molecule has 2 aromatic heterocycles. The Labute approximate surface area is 198 Å². The van der Waals surface area contributed by atoms with Crippen molar-refractivity contribution in [3.8, 4) is 5.75 Å². The van der Waals surface area contributed by atoms with Gasteiger partial charge in [-0.15, -0.1) is 0 Å². The van der Waals surface area contributed by atoms with Gasteiger partial charge in [-0.05, 0) is 51.3 Å². The number of imide groups is 1. The van der Waals surface area contributed by atoms with E-state index in [1.54, 1.807) is 7.11 Å². The Morgan fingerprint density at radius 1 is 0.971 bits per heavy atom.